The largest absolute Gasteiger partial charge is 0.379 e. The summed E-state index contributed by atoms with van der Waals surface area (Å²) in [4.78, 5) is 14.9. The van der Waals surface area contributed by atoms with E-state index in [0.717, 1.165) is 18.7 Å². The van der Waals surface area contributed by atoms with Crippen molar-refractivity contribution >= 4 is 27.5 Å². The first-order valence-corrected chi connectivity index (χ1v) is 11.5. The Labute approximate surface area is 172 Å². The molecule has 1 amide bonds. The predicted octanol–water partition coefficient (Wildman–Crippen LogP) is 1.79. The van der Waals surface area contributed by atoms with E-state index in [1.165, 1.54) is 6.07 Å². The van der Waals surface area contributed by atoms with Gasteiger partial charge in [0.15, 0.2) is 0 Å². The highest BCUT2D eigenvalue weighted by atomic mass is 35.5. The normalized spacial score (nSPS) is 17.9. The van der Waals surface area contributed by atoms with Gasteiger partial charge in [0.2, 0.25) is 15.9 Å². The van der Waals surface area contributed by atoms with Gasteiger partial charge in [0.25, 0.3) is 0 Å². The number of amides is 1. The minimum Gasteiger partial charge on any atom is -0.379 e. The summed E-state index contributed by atoms with van der Waals surface area (Å²) < 4.78 is 33.5. The van der Waals surface area contributed by atoms with E-state index in [1.807, 2.05) is 20.8 Å². The highest BCUT2D eigenvalue weighted by Crippen LogP contribution is 2.23. The Morgan fingerprint density at radius 1 is 1.32 bits per heavy atom. The molecule has 1 aromatic carbocycles. The molecule has 7 nitrogen and oxygen atoms in total. The Balaban J connectivity index is 2.04. The van der Waals surface area contributed by atoms with Crippen LogP contribution in [0, 0.1) is 12.8 Å². The number of morpholine rings is 1. The van der Waals surface area contributed by atoms with Crippen LogP contribution in [0.15, 0.2) is 23.1 Å². The number of rotatable bonds is 9. The third-order valence-corrected chi connectivity index (χ3v) is 6.91. The van der Waals surface area contributed by atoms with Crippen LogP contribution >= 0.6 is 11.6 Å². The summed E-state index contributed by atoms with van der Waals surface area (Å²) in [6.07, 6.45) is 0.658. The van der Waals surface area contributed by atoms with Crippen LogP contribution in [0.2, 0.25) is 5.02 Å². The van der Waals surface area contributed by atoms with Gasteiger partial charge >= 0.3 is 0 Å². The van der Waals surface area contributed by atoms with E-state index in [1.54, 1.807) is 12.1 Å². The average molecular weight is 432 g/mol. The van der Waals surface area contributed by atoms with E-state index >= 15 is 0 Å². The molecule has 158 valence electrons. The molecule has 0 bridgehead atoms. The summed E-state index contributed by atoms with van der Waals surface area (Å²) in [6.45, 7) is 9.84. The van der Waals surface area contributed by atoms with Crippen molar-refractivity contribution in [3.63, 3.8) is 0 Å². The molecule has 0 unspecified atom stereocenters. The zero-order chi connectivity index (χ0) is 20.7. The monoisotopic (exact) mass is 431 g/mol. The maximum atomic E-state index is 12.8. The Kier molecular flexibility index (Phi) is 8.70. The summed E-state index contributed by atoms with van der Waals surface area (Å²) in [5, 5.41) is 3.00. The average Bonchev–Trinajstić information content (AvgIpc) is 2.66. The molecule has 1 saturated heterocycles. The molecular formula is C19H30ClN3O4S. The van der Waals surface area contributed by atoms with Gasteiger partial charge in [-0.25, -0.2) is 8.42 Å². The highest BCUT2D eigenvalue weighted by molar-refractivity contribution is 7.89. The fourth-order valence-corrected chi connectivity index (χ4v) is 4.89. The van der Waals surface area contributed by atoms with Crippen LogP contribution in [-0.2, 0) is 19.6 Å². The van der Waals surface area contributed by atoms with E-state index < -0.39 is 16.1 Å². The smallest absolute Gasteiger partial charge is 0.242 e. The molecule has 0 saturated carbocycles. The second-order valence-corrected chi connectivity index (χ2v) is 9.25. The molecular weight excluding hydrogens is 402 g/mol. The van der Waals surface area contributed by atoms with Crippen molar-refractivity contribution in [1.82, 2.24) is 14.9 Å². The number of hydrogen-bond acceptors (Lipinski definition) is 5. The number of ether oxygens (including phenoxy) is 1. The number of carbonyl (C=O) groups is 1. The van der Waals surface area contributed by atoms with Gasteiger partial charge in [-0.05, 0) is 30.5 Å². The van der Waals surface area contributed by atoms with Crippen LogP contribution in [0.3, 0.4) is 0 Å². The van der Waals surface area contributed by atoms with E-state index in [-0.39, 0.29) is 21.7 Å². The topological polar surface area (TPSA) is 87.7 Å². The number of halogens is 1. The van der Waals surface area contributed by atoms with Crippen LogP contribution < -0.4 is 10.0 Å². The van der Waals surface area contributed by atoms with Crippen LogP contribution in [0.25, 0.3) is 0 Å². The van der Waals surface area contributed by atoms with Crippen LogP contribution in [0.1, 0.15) is 25.8 Å². The maximum Gasteiger partial charge on any atom is 0.242 e. The predicted molar refractivity (Wildman–Crippen MR) is 110 cm³/mol. The zero-order valence-electron chi connectivity index (χ0n) is 16.7. The molecule has 28 heavy (non-hydrogen) atoms. The van der Waals surface area contributed by atoms with Gasteiger partial charge in [-0.3, -0.25) is 9.69 Å². The number of carbonyl (C=O) groups excluding carboxylic acids is 1. The van der Waals surface area contributed by atoms with E-state index in [0.29, 0.717) is 32.7 Å². The van der Waals surface area contributed by atoms with Crippen LogP contribution in [0.4, 0.5) is 0 Å². The number of hydrogen-bond donors (Lipinski definition) is 2. The van der Waals surface area contributed by atoms with E-state index in [4.69, 9.17) is 16.3 Å². The Hall–Kier alpha value is -1.19. The lowest BCUT2D eigenvalue weighted by Crippen LogP contribution is -2.51. The van der Waals surface area contributed by atoms with Gasteiger partial charge in [0.05, 0.1) is 18.2 Å². The van der Waals surface area contributed by atoms with Gasteiger partial charge in [-0.1, -0.05) is 37.9 Å². The maximum absolute atomic E-state index is 12.8. The third-order valence-electron chi connectivity index (χ3n) is 4.99. The first-order chi connectivity index (χ1) is 13.2. The van der Waals surface area contributed by atoms with E-state index in [2.05, 4.69) is 14.9 Å². The molecule has 2 rings (SSSR count). The van der Waals surface area contributed by atoms with Crippen molar-refractivity contribution < 1.29 is 17.9 Å². The third kappa shape index (κ3) is 6.42. The summed E-state index contributed by atoms with van der Waals surface area (Å²) in [5.41, 5.74) is 0.864. The molecule has 2 N–H and O–H groups in total. The molecule has 1 heterocycles. The SMILES string of the molecule is CC[C@@H](C)[C@@H](NS(=O)(=O)c1ccc(C)cc1Cl)C(=O)NCCN1CCOCC1. The lowest BCUT2D eigenvalue weighted by atomic mass is 9.99. The van der Waals surface area contributed by atoms with Gasteiger partial charge < -0.3 is 10.1 Å². The number of nitrogens with one attached hydrogen (secondary N) is 2. The second kappa shape index (κ2) is 10.5. The number of sulfonamides is 1. The van der Waals surface area contributed by atoms with Crippen molar-refractivity contribution in [2.24, 2.45) is 5.92 Å². The van der Waals surface area contributed by atoms with Crippen molar-refractivity contribution in [3.8, 4) is 0 Å². The van der Waals surface area contributed by atoms with Crippen LogP contribution in [0.5, 0.6) is 0 Å². The molecule has 9 heteroatoms. The summed E-state index contributed by atoms with van der Waals surface area (Å²) in [5.74, 6) is -0.489. The van der Waals surface area contributed by atoms with Crippen LogP contribution in [-0.4, -0.2) is 64.7 Å². The van der Waals surface area contributed by atoms with Gasteiger partial charge in [-0.2, -0.15) is 4.72 Å². The lowest BCUT2D eigenvalue weighted by molar-refractivity contribution is -0.123. The summed E-state index contributed by atoms with van der Waals surface area (Å²) >= 11 is 6.12. The first kappa shape index (κ1) is 23.1. The molecule has 0 aromatic heterocycles. The highest BCUT2D eigenvalue weighted by Gasteiger charge is 2.30. The molecule has 1 aliphatic heterocycles. The van der Waals surface area contributed by atoms with E-state index in [9.17, 15) is 13.2 Å². The standard InChI is InChI=1S/C19H30ClN3O4S/c1-4-15(3)18(19(24)21-7-8-23-9-11-27-12-10-23)22-28(25,26)17-6-5-14(2)13-16(17)20/h5-6,13,15,18,22H,4,7-12H2,1-3H3,(H,21,24)/t15-,18-/m1/s1. The number of nitrogens with zero attached hydrogens (tertiary/aromatic N) is 1. The lowest BCUT2D eigenvalue weighted by Gasteiger charge is -2.27. The summed E-state index contributed by atoms with van der Waals surface area (Å²) in [7, 11) is -3.92. The van der Waals surface area contributed by atoms with Gasteiger partial charge in [0.1, 0.15) is 10.9 Å². The molecule has 0 aliphatic carbocycles. The van der Waals surface area contributed by atoms with Crippen molar-refractivity contribution in [3.05, 3.63) is 28.8 Å². The molecule has 2 atom stereocenters. The van der Waals surface area contributed by atoms with Crippen molar-refractivity contribution in [2.45, 2.75) is 38.1 Å². The zero-order valence-corrected chi connectivity index (χ0v) is 18.3. The Morgan fingerprint density at radius 2 is 2.00 bits per heavy atom. The summed E-state index contributed by atoms with van der Waals surface area (Å²) in [6, 6.07) is 3.87. The Morgan fingerprint density at radius 3 is 2.61 bits per heavy atom. The van der Waals surface area contributed by atoms with Crippen molar-refractivity contribution in [2.75, 3.05) is 39.4 Å². The molecule has 1 fully saturated rings. The minimum absolute atomic E-state index is 0.0193. The first-order valence-electron chi connectivity index (χ1n) is 9.61. The minimum atomic E-state index is -3.92. The molecule has 1 aromatic rings. The molecule has 1 aliphatic rings. The quantitative estimate of drug-likeness (QED) is 0.622. The van der Waals surface area contributed by atoms with Gasteiger partial charge in [0, 0.05) is 26.2 Å². The van der Waals surface area contributed by atoms with Crippen molar-refractivity contribution in [1.29, 1.82) is 0 Å². The second-order valence-electron chi connectivity index (χ2n) is 7.16. The fraction of sp³-hybridized carbons (Fsp3) is 0.632. The molecule has 0 radical (unpaired) electrons. The van der Waals surface area contributed by atoms with Gasteiger partial charge in [-0.15, -0.1) is 0 Å². The number of aryl methyl sites for hydroxylation is 1. The number of benzene rings is 1. The molecule has 0 spiro atoms. The Bertz CT molecular complexity index is 766. The fourth-order valence-electron chi connectivity index (χ4n) is 2.99.